The summed E-state index contributed by atoms with van der Waals surface area (Å²) in [4.78, 5) is 20.9. The van der Waals surface area contributed by atoms with Crippen LogP contribution in [0.15, 0.2) is 59.4 Å². The smallest absolute Gasteiger partial charge is 0.314 e. The fourth-order valence-corrected chi connectivity index (χ4v) is 2.74. The molecule has 0 radical (unpaired) electrons. The van der Waals surface area contributed by atoms with Gasteiger partial charge in [-0.05, 0) is 23.6 Å². The second kappa shape index (κ2) is 8.38. The van der Waals surface area contributed by atoms with Gasteiger partial charge in [-0.2, -0.15) is 4.98 Å². The van der Waals surface area contributed by atoms with E-state index in [1.54, 1.807) is 18.5 Å². The fraction of sp³-hybridized carbons (Fsp3) is 0.300. The molecule has 3 aromatic rings. The van der Waals surface area contributed by atoms with Crippen LogP contribution in [0.1, 0.15) is 37.6 Å². The van der Waals surface area contributed by atoms with Crippen molar-refractivity contribution in [1.82, 2.24) is 15.1 Å². The molecule has 3 rings (SSSR count). The van der Waals surface area contributed by atoms with E-state index in [2.05, 4.69) is 22.0 Å². The maximum atomic E-state index is 12.7. The zero-order valence-corrected chi connectivity index (χ0v) is 14.8. The molecule has 134 valence electrons. The molecule has 0 spiro atoms. The van der Waals surface area contributed by atoms with Crippen LogP contribution in [0.4, 0.5) is 0 Å². The monoisotopic (exact) mass is 351 g/mol. The maximum Gasteiger partial charge on any atom is 0.314 e. The zero-order valence-electron chi connectivity index (χ0n) is 14.8. The number of rotatable bonds is 7. The van der Waals surface area contributed by atoms with Crippen LogP contribution >= 0.6 is 0 Å². The Balaban J connectivity index is 1.68. The minimum Gasteiger partial charge on any atom is -0.455 e. The molecule has 0 aliphatic carbocycles. The van der Waals surface area contributed by atoms with E-state index >= 15 is 0 Å². The number of hydrogen-bond donors (Lipinski definition) is 0. The van der Waals surface area contributed by atoms with Crippen molar-refractivity contribution >= 4 is 5.97 Å². The van der Waals surface area contributed by atoms with Crippen molar-refractivity contribution in [3.8, 4) is 11.4 Å². The molecule has 0 amide bonds. The Hall–Kier alpha value is -3.02. The van der Waals surface area contributed by atoms with Crippen molar-refractivity contribution in [2.45, 2.75) is 32.8 Å². The lowest BCUT2D eigenvalue weighted by molar-refractivity contribution is -0.149. The normalized spacial score (nSPS) is 13.2. The highest BCUT2D eigenvalue weighted by molar-refractivity contribution is 5.78. The summed E-state index contributed by atoms with van der Waals surface area (Å²) in [6.45, 7) is 4.06. The molecule has 2 atom stereocenters. The Morgan fingerprint density at radius 2 is 2.00 bits per heavy atom. The number of hydrogen-bond acceptors (Lipinski definition) is 6. The van der Waals surface area contributed by atoms with E-state index in [0.717, 1.165) is 17.5 Å². The summed E-state index contributed by atoms with van der Waals surface area (Å²) >= 11 is 0. The second-order valence-electron chi connectivity index (χ2n) is 6.14. The van der Waals surface area contributed by atoms with E-state index < -0.39 is 0 Å². The quantitative estimate of drug-likeness (QED) is 0.599. The first-order valence-corrected chi connectivity index (χ1v) is 8.63. The molecule has 2 aromatic heterocycles. The van der Waals surface area contributed by atoms with Gasteiger partial charge >= 0.3 is 5.97 Å². The summed E-state index contributed by atoms with van der Waals surface area (Å²) in [6, 6.07) is 13.3. The first kappa shape index (κ1) is 17.8. The number of ether oxygens (including phenoxy) is 1. The van der Waals surface area contributed by atoms with E-state index in [9.17, 15) is 4.79 Å². The Labute approximate surface area is 152 Å². The zero-order chi connectivity index (χ0) is 18.4. The number of aromatic nitrogens is 3. The van der Waals surface area contributed by atoms with Gasteiger partial charge in [0.1, 0.15) is 0 Å². The van der Waals surface area contributed by atoms with Crippen molar-refractivity contribution in [1.29, 1.82) is 0 Å². The van der Waals surface area contributed by atoms with Gasteiger partial charge in [-0.3, -0.25) is 9.78 Å². The van der Waals surface area contributed by atoms with E-state index in [-0.39, 0.29) is 30.3 Å². The lowest BCUT2D eigenvalue weighted by Gasteiger charge is -2.21. The highest BCUT2D eigenvalue weighted by atomic mass is 16.6. The third-order valence-corrected chi connectivity index (χ3v) is 4.35. The van der Waals surface area contributed by atoms with Gasteiger partial charge in [0.15, 0.2) is 6.61 Å². The Morgan fingerprint density at radius 1 is 1.19 bits per heavy atom. The van der Waals surface area contributed by atoms with Gasteiger partial charge in [0, 0.05) is 18.0 Å². The van der Waals surface area contributed by atoms with Crippen molar-refractivity contribution in [3.63, 3.8) is 0 Å². The second-order valence-corrected chi connectivity index (χ2v) is 6.14. The SMILES string of the molecule is CCC(C)C(C(=O)OCc1nc(-c2cccnc2)no1)c1ccccc1. The Morgan fingerprint density at radius 3 is 2.69 bits per heavy atom. The minimum absolute atomic E-state index is 0.0497. The third kappa shape index (κ3) is 4.14. The number of carbonyl (C=O) groups is 1. The summed E-state index contributed by atoms with van der Waals surface area (Å²) in [5, 5.41) is 3.90. The van der Waals surface area contributed by atoms with Gasteiger partial charge in [0.05, 0.1) is 5.92 Å². The minimum atomic E-state index is -0.318. The predicted octanol–water partition coefficient (Wildman–Crippen LogP) is 4.00. The van der Waals surface area contributed by atoms with Crippen molar-refractivity contribution in [3.05, 3.63) is 66.3 Å². The molecule has 0 aliphatic rings. The third-order valence-electron chi connectivity index (χ3n) is 4.35. The Kier molecular flexibility index (Phi) is 5.73. The Bertz CT molecular complexity index is 834. The number of pyridine rings is 1. The first-order chi connectivity index (χ1) is 12.7. The molecule has 0 aliphatic heterocycles. The molecule has 6 nitrogen and oxygen atoms in total. The van der Waals surface area contributed by atoms with Crippen molar-refractivity contribution in [2.24, 2.45) is 5.92 Å². The number of nitrogens with zero attached hydrogens (tertiary/aromatic N) is 3. The summed E-state index contributed by atoms with van der Waals surface area (Å²) in [5.41, 5.74) is 1.70. The lowest BCUT2D eigenvalue weighted by Crippen LogP contribution is -2.22. The van der Waals surface area contributed by atoms with Crippen molar-refractivity contribution in [2.75, 3.05) is 0 Å². The molecule has 2 unspecified atom stereocenters. The average Bonchev–Trinajstić information content (AvgIpc) is 3.17. The van der Waals surface area contributed by atoms with Gasteiger partial charge < -0.3 is 9.26 Å². The summed E-state index contributed by atoms with van der Waals surface area (Å²) in [7, 11) is 0. The average molecular weight is 351 g/mol. The maximum absolute atomic E-state index is 12.7. The van der Waals surface area contributed by atoms with E-state index in [1.165, 1.54) is 0 Å². The van der Waals surface area contributed by atoms with Crippen LogP contribution < -0.4 is 0 Å². The number of carbonyl (C=O) groups excluding carboxylic acids is 1. The predicted molar refractivity (Wildman–Crippen MR) is 96.0 cm³/mol. The van der Waals surface area contributed by atoms with Crippen LogP contribution in [-0.2, 0) is 16.1 Å². The number of benzene rings is 1. The van der Waals surface area contributed by atoms with E-state index in [4.69, 9.17) is 9.26 Å². The molecule has 0 saturated carbocycles. The molecule has 2 heterocycles. The molecule has 1 aromatic carbocycles. The molecular formula is C20H21N3O3. The van der Waals surface area contributed by atoms with Gasteiger partial charge in [0.25, 0.3) is 5.89 Å². The molecule has 0 fully saturated rings. The van der Waals surface area contributed by atoms with Crippen LogP contribution in [0.3, 0.4) is 0 Å². The summed E-state index contributed by atoms with van der Waals surface area (Å²) in [5.74, 6) is 0.242. The lowest BCUT2D eigenvalue weighted by atomic mass is 9.86. The largest absolute Gasteiger partial charge is 0.455 e. The molecular weight excluding hydrogens is 330 g/mol. The molecule has 0 N–H and O–H groups in total. The molecule has 0 saturated heterocycles. The summed E-state index contributed by atoms with van der Waals surface area (Å²) < 4.78 is 10.6. The fourth-order valence-electron chi connectivity index (χ4n) is 2.74. The highest BCUT2D eigenvalue weighted by Gasteiger charge is 2.27. The van der Waals surface area contributed by atoms with Gasteiger partial charge in [-0.15, -0.1) is 0 Å². The molecule has 26 heavy (non-hydrogen) atoms. The van der Waals surface area contributed by atoms with Gasteiger partial charge in [0.2, 0.25) is 5.82 Å². The van der Waals surface area contributed by atoms with E-state index in [1.807, 2.05) is 43.3 Å². The van der Waals surface area contributed by atoms with E-state index in [0.29, 0.717) is 5.82 Å². The topological polar surface area (TPSA) is 78.1 Å². The summed E-state index contributed by atoms with van der Waals surface area (Å²) in [6.07, 6.45) is 4.19. The van der Waals surface area contributed by atoms with Gasteiger partial charge in [-0.25, -0.2) is 0 Å². The van der Waals surface area contributed by atoms with Crippen LogP contribution in [0.5, 0.6) is 0 Å². The first-order valence-electron chi connectivity index (χ1n) is 8.63. The van der Waals surface area contributed by atoms with Gasteiger partial charge in [-0.1, -0.05) is 55.8 Å². The molecule has 6 heteroatoms. The highest BCUT2D eigenvalue weighted by Crippen LogP contribution is 2.28. The van der Waals surface area contributed by atoms with Crippen molar-refractivity contribution < 1.29 is 14.1 Å². The standard InChI is InChI=1S/C20H21N3O3/c1-3-14(2)18(15-8-5-4-6-9-15)20(24)25-13-17-22-19(23-26-17)16-10-7-11-21-12-16/h4-12,14,18H,3,13H2,1-2H3. The van der Waals surface area contributed by atoms with Crippen LogP contribution in [0, 0.1) is 5.92 Å². The van der Waals surface area contributed by atoms with Crippen LogP contribution in [0.2, 0.25) is 0 Å². The van der Waals surface area contributed by atoms with Crippen LogP contribution in [-0.4, -0.2) is 21.1 Å². The number of esters is 1. The molecule has 0 bridgehead atoms. The van der Waals surface area contributed by atoms with Crippen LogP contribution in [0.25, 0.3) is 11.4 Å².